The van der Waals surface area contributed by atoms with E-state index in [1.54, 1.807) is 16.8 Å². The molecule has 1 aromatic carbocycles. The second-order valence-corrected chi connectivity index (χ2v) is 6.80. The molecular weight excluding hydrogens is 416 g/mol. The summed E-state index contributed by atoms with van der Waals surface area (Å²) in [5.74, 6) is 0.705. The lowest BCUT2D eigenvalue weighted by molar-refractivity contribution is -0.145. The SMILES string of the molecule is O=C(CCc1nc2c(cnn2-c2ccccc2)c(=O)[nH]1)OCc1noc(-c2ccco2)n1. The van der Waals surface area contributed by atoms with Gasteiger partial charge in [-0.1, -0.05) is 23.4 Å². The van der Waals surface area contributed by atoms with Crippen molar-refractivity contribution < 1.29 is 18.5 Å². The van der Waals surface area contributed by atoms with Gasteiger partial charge in [0, 0.05) is 6.42 Å². The number of ether oxygens (including phenoxy) is 1. The van der Waals surface area contributed by atoms with E-state index in [0.29, 0.717) is 22.6 Å². The smallest absolute Gasteiger partial charge is 0.306 e. The van der Waals surface area contributed by atoms with Gasteiger partial charge < -0.3 is 18.7 Å². The molecule has 11 heteroatoms. The van der Waals surface area contributed by atoms with E-state index < -0.39 is 5.97 Å². The van der Waals surface area contributed by atoms with Crippen molar-refractivity contribution in [1.82, 2.24) is 29.9 Å². The van der Waals surface area contributed by atoms with E-state index in [1.165, 1.54) is 12.5 Å². The molecule has 0 amide bonds. The summed E-state index contributed by atoms with van der Waals surface area (Å²) in [6.07, 6.45) is 3.15. The molecule has 5 aromatic rings. The normalized spacial score (nSPS) is 11.1. The molecule has 0 saturated heterocycles. The molecule has 0 spiro atoms. The van der Waals surface area contributed by atoms with Gasteiger partial charge in [0.05, 0.1) is 24.6 Å². The third-order valence-corrected chi connectivity index (χ3v) is 4.62. The number of benzene rings is 1. The van der Waals surface area contributed by atoms with Crippen LogP contribution in [0.5, 0.6) is 0 Å². The van der Waals surface area contributed by atoms with Crippen molar-refractivity contribution in [3.63, 3.8) is 0 Å². The van der Waals surface area contributed by atoms with Gasteiger partial charge in [-0.3, -0.25) is 9.59 Å². The lowest BCUT2D eigenvalue weighted by Crippen LogP contribution is -2.14. The van der Waals surface area contributed by atoms with Gasteiger partial charge in [-0.25, -0.2) is 9.67 Å². The van der Waals surface area contributed by atoms with Gasteiger partial charge in [-0.2, -0.15) is 10.1 Å². The highest BCUT2D eigenvalue weighted by molar-refractivity contribution is 5.75. The van der Waals surface area contributed by atoms with Crippen molar-refractivity contribution in [1.29, 1.82) is 0 Å². The number of esters is 1. The van der Waals surface area contributed by atoms with Crippen LogP contribution in [0.15, 0.2) is 68.7 Å². The van der Waals surface area contributed by atoms with Gasteiger partial charge in [-0.05, 0) is 24.3 Å². The van der Waals surface area contributed by atoms with Gasteiger partial charge >= 0.3 is 5.97 Å². The van der Waals surface area contributed by atoms with Crippen LogP contribution in [0.4, 0.5) is 0 Å². The molecule has 4 aromatic heterocycles. The molecule has 160 valence electrons. The number of fused-ring (bicyclic) bond motifs is 1. The first-order chi connectivity index (χ1) is 15.7. The van der Waals surface area contributed by atoms with E-state index in [4.69, 9.17) is 13.7 Å². The number of carbonyl (C=O) groups excluding carboxylic acids is 1. The van der Waals surface area contributed by atoms with Crippen molar-refractivity contribution in [2.75, 3.05) is 0 Å². The second kappa shape index (κ2) is 8.30. The fourth-order valence-corrected chi connectivity index (χ4v) is 3.09. The maximum Gasteiger partial charge on any atom is 0.306 e. The number of hydrogen-bond donors (Lipinski definition) is 1. The summed E-state index contributed by atoms with van der Waals surface area (Å²) in [5, 5.41) is 8.37. The van der Waals surface area contributed by atoms with Crippen LogP contribution in [0.25, 0.3) is 28.4 Å². The Labute approximate surface area is 179 Å². The molecule has 32 heavy (non-hydrogen) atoms. The number of hydrogen-bond acceptors (Lipinski definition) is 9. The summed E-state index contributed by atoms with van der Waals surface area (Å²) in [6, 6.07) is 12.7. The number of rotatable bonds is 7. The molecule has 11 nitrogen and oxygen atoms in total. The molecule has 0 aliphatic rings. The zero-order chi connectivity index (χ0) is 21.9. The Morgan fingerprint density at radius 2 is 2.00 bits per heavy atom. The highest BCUT2D eigenvalue weighted by atomic mass is 16.5. The largest absolute Gasteiger partial charge is 0.459 e. The Kier molecular flexibility index (Phi) is 5.04. The first kappa shape index (κ1) is 19.4. The minimum atomic E-state index is -0.492. The molecule has 0 fully saturated rings. The van der Waals surface area contributed by atoms with Gasteiger partial charge in [-0.15, -0.1) is 0 Å². The number of nitrogens with one attached hydrogen (secondary N) is 1. The number of aryl methyl sites for hydroxylation is 1. The molecule has 0 radical (unpaired) electrons. The molecule has 0 unspecified atom stereocenters. The summed E-state index contributed by atoms with van der Waals surface area (Å²) in [4.78, 5) is 35.8. The first-order valence-corrected chi connectivity index (χ1v) is 9.72. The number of furan rings is 1. The van der Waals surface area contributed by atoms with Gasteiger partial charge in [0.2, 0.25) is 5.82 Å². The molecule has 4 heterocycles. The predicted molar refractivity (Wildman–Crippen MR) is 110 cm³/mol. The number of nitrogens with zero attached hydrogens (tertiary/aromatic N) is 5. The molecule has 1 N–H and O–H groups in total. The maximum absolute atomic E-state index is 12.4. The van der Waals surface area contributed by atoms with Crippen LogP contribution in [0.1, 0.15) is 18.1 Å². The van der Waals surface area contributed by atoms with Crippen molar-refractivity contribution in [2.24, 2.45) is 0 Å². The van der Waals surface area contributed by atoms with E-state index in [-0.39, 0.29) is 36.7 Å². The average molecular weight is 432 g/mol. The number of aromatic nitrogens is 6. The quantitative estimate of drug-likeness (QED) is 0.384. The van der Waals surface area contributed by atoms with Crippen molar-refractivity contribution in [2.45, 2.75) is 19.4 Å². The van der Waals surface area contributed by atoms with Crippen LogP contribution in [-0.4, -0.2) is 35.9 Å². The third-order valence-electron chi connectivity index (χ3n) is 4.62. The molecule has 0 aliphatic carbocycles. The molecule has 0 saturated carbocycles. The van der Waals surface area contributed by atoms with Crippen LogP contribution in [0.2, 0.25) is 0 Å². The molecule has 5 rings (SSSR count). The highest BCUT2D eigenvalue weighted by Gasteiger charge is 2.15. The Balaban J connectivity index is 1.24. The lowest BCUT2D eigenvalue weighted by atomic mass is 10.3. The minimum Gasteiger partial charge on any atom is -0.459 e. The fourth-order valence-electron chi connectivity index (χ4n) is 3.09. The minimum absolute atomic E-state index is 0.0107. The van der Waals surface area contributed by atoms with Crippen LogP contribution in [0.3, 0.4) is 0 Å². The Morgan fingerprint density at radius 1 is 1.12 bits per heavy atom. The van der Waals surface area contributed by atoms with E-state index >= 15 is 0 Å². The van der Waals surface area contributed by atoms with Crippen molar-refractivity contribution >= 4 is 17.0 Å². The Hall–Kier alpha value is -4.54. The summed E-state index contributed by atoms with van der Waals surface area (Å²) in [7, 11) is 0. The summed E-state index contributed by atoms with van der Waals surface area (Å²) in [5.41, 5.74) is 0.873. The maximum atomic E-state index is 12.4. The monoisotopic (exact) mass is 432 g/mol. The average Bonchev–Trinajstić information content (AvgIpc) is 3.57. The van der Waals surface area contributed by atoms with Gasteiger partial charge in [0.15, 0.2) is 18.0 Å². The van der Waals surface area contributed by atoms with E-state index in [0.717, 1.165) is 5.69 Å². The topological polar surface area (TPSA) is 142 Å². The van der Waals surface area contributed by atoms with Crippen molar-refractivity contribution in [3.05, 3.63) is 76.9 Å². The fraction of sp³-hybridized carbons (Fsp3) is 0.143. The summed E-state index contributed by atoms with van der Waals surface area (Å²) >= 11 is 0. The van der Waals surface area contributed by atoms with Crippen LogP contribution >= 0.6 is 0 Å². The highest BCUT2D eigenvalue weighted by Crippen LogP contribution is 2.17. The van der Waals surface area contributed by atoms with Gasteiger partial charge in [0.1, 0.15) is 11.2 Å². The molecule has 0 aliphatic heterocycles. The number of aromatic amines is 1. The lowest BCUT2D eigenvalue weighted by Gasteiger charge is -2.05. The number of carbonyl (C=O) groups is 1. The standard InChI is InChI=1S/C21H16N6O5/c28-18(31-12-17-25-21(32-26-17)15-7-4-10-30-15)9-8-16-23-19-14(20(29)24-16)11-22-27(19)13-5-2-1-3-6-13/h1-7,10-11H,8-9,12H2,(H,23,24,29). The van der Waals surface area contributed by atoms with Crippen molar-refractivity contribution in [3.8, 4) is 17.3 Å². The Bertz CT molecular complexity index is 1420. The van der Waals surface area contributed by atoms with E-state index in [2.05, 4.69) is 25.2 Å². The van der Waals surface area contributed by atoms with E-state index in [9.17, 15) is 9.59 Å². The van der Waals surface area contributed by atoms with Crippen LogP contribution in [-0.2, 0) is 22.6 Å². The molecule has 0 bridgehead atoms. The zero-order valence-electron chi connectivity index (χ0n) is 16.6. The molecular formula is C21H16N6O5. The van der Waals surface area contributed by atoms with Crippen LogP contribution in [0, 0.1) is 0 Å². The third kappa shape index (κ3) is 3.90. The zero-order valence-corrected chi connectivity index (χ0v) is 16.6. The van der Waals surface area contributed by atoms with E-state index in [1.807, 2.05) is 30.3 Å². The number of H-pyrrole nitrogens is 1. The molecule has 0 atom stereocenters. The first-order valence-electron chi connectivity index (χ1n) is 9.72. The summed E-state index contributed by atoms with van der Waals surface area (Å²) < 4.78 is 17.0. The summed E-state index contributed by atoms with van der Waals surface area (Å²) in [6.45, 7) is -0.146. The van der Waals surface area contributed by atoms with Gasteiger partial charge in [0.25, 0.3) is 11.4 Å². The number of para-hydroxylation sites is 1. The Morgan fingerprint density at radius 3 is 2.81 bits per heavy atom. The van der Waals surface area contributed by atoms with Crippen LogP contribution < -0.4 is 5.56 Å². The second-order valence-electron chi connectivity index (χ2n) is 6.80. The predicted octanol–water partition coefficient (Wildman–Crippen LogP) is 2.43.